The number of nitrogens with zero attached hydrogens (tertiary/aromatic N) is 2. The van der Waals surface area contributed by atoms with Crippen LogP contribution in [0.2, 0.25) is 0 Å². The van der Waals surface area contributed by atoms with Gasteiger partial charge in [0.1, 0.15) is 12.4 Å². The van der Waals surface area contributed by atoms with Crippen molar-refractivity contribution in [2.45, 2.75) is 18.2 Å². The summed E-state index contributed by atoms with van der Waals surface area (Å²) < 4.78 is 37.0. The Morgan fingerprint density at radius 2 is 1.77 bits per heavy atom. The Kier molecular flexibility index (Phi) is 7.13. The zero-order valence-corrected chi connectivity index (χ0v) is 15.9. The fourth-order valence-corrected chi connectivity index (χ4v) is 4.07. The van der Waals surface area contributed by atoms with Crippen molar-refractivity contribution in [3.05, 3.63) is 24.3 Å². The molecule has 8 nitrogen and oxygen atoms in total. The third-order valence-corrected chi connectivity index (χ3v) is 6.02. The number of benzene rings is 1. The van der Waals surface area contributed by atoms with Gasteiger partial charge in [-0.3, -0.25) is 9.69 Å². The van der Waals surface area contributed by atoms with Crippen LogP contribution in [0.1, 0.15) is 13.3 Å². The molecule has 2 rings (SSSR count). The summed E-state index contributed by atoms with van der Waals surface area (Å²) in [7, 11) is -1.98. The number of esters is 1. The highest BCUT2D eigenvalue weighted by atomic mass is 32.2. The van der Waals surface area contributed by atoms with Gasteiger partial charge in [0.15, 0.2) is 0 Å². The van der Waals surface area contributed by atoms with E-state index in [1.807, 2.05) is 0 Å². The maximum Gasteiger partial charge on any atom is 0.311 e. The largest absolute Gasteiger partial charge is 0.497 e. The number of sulfonamides is 1. The van der Waals surface area contributed by atoms with E-state index in [1.54, 1.807) is 31.2 Å². The average Bonchev–Trinajstić information content (AvgIpc) is 2.61. The van der Waals surface area contributed by atoms with Crippen LogP contribution in [0, 0.1) is 5.41 Å². The zero-order chi connectivity index (χ0) is 19.2. The minimum Gasteiger partial charge on any atom is -0.497 e. The fourth-order valence-electron chi connectivity index (χ4n) is 2.65. The number of methoxy groups -OCH3 is 1. The molecule has 0 atom stereocenters. The van der Waals surface area contributed by atoms with Crippen molar-refractivity contribution in [2.75, 3.05) is 46.4 Å². The van der Waals surface area contributed by atoms with E-state index in [9.17, 15) is 13.2 Å². The van der Waals surface area contributed by atoms with Crippen LogP contribution >= 0.6 is 0 Å². The lowest BCUT2D eigenvalue weighted by atomic mass is 10.3. The minimum atomic E-state index is -3.52. The van der Waals surface area contributed by atoms with Gasteiger partial charge >= 0.3 is 5.97 Å². The van der Waals surface area contributed by atoms with Crippen molar-refractivity contribution in [1.29, 1.82) is 5.41 Å². The molecule has 0 aliphatic carbocycles. The summed E-state index contributed by atoms with van der Waals surface area (Å²) in [6, 6.07) is 6.36. The second-order valence-corrected chi connectivity index (χ2v) is 8.04. The summed E-state index contributed by atoms with van der Waals surface area (Å²) in [4.78, 5) is 13.7. The highest BCUT2D eigenvalue weighted by Crippen LogP contribution is 2.20. The van der Waals surface area contributed by atoms with Crippen LogP contribution in [0.25, 0.3) is 0 Å². The lowest BCUT2D eigenvalue weighted by molar-refractivity contribution is -0.142. The summed E-state index contributed by atoms with van der Waals surface area (Å²) >= 11 is 0. The molecule has 26 heavy (non-hydrogen) atoms. The standard InChI is InChI=1S/C17H25N3O5S/c1-14(18)13-17(21)25-12-11-19-7-9-20(10-8-19)26(22,23)16-5-3-15(24-2)4-6-16/h3-6,18H,7-13H2,1-2H3. The molecule has 0 bridgehead atoms. The molecule has 1 aliphatic rings. The Balaban J connectivity index is 1.81. The van der Waals surface area contributed by atoms with Gasteiger partial charge in [0.25, 0.3) is 0 Å². The Hall–Kier alpha value is -1.97. The molecule has 1 saturated heterocycles. The number of carbonyl (C=O) groups is 1. The first-order valence-electron chi connectivity index (χ1n) is 8.39. The normalized spacial score (nSPS) is 16.2. The molecule has 9 heteroatoms. The minimum absolute atomic E-state index is 0.00782. The molecular formula is C17H25N3O5S. The number of piperazine rings is 1. The Morgan fingerprint density at radius 1 is 1.15 bits per heavy atom. The lowest BCUT2D eigenvalue weighted by Gasteiger charge is -2.33. The number of carbonyl (C=O) groups excluding carboxylic acids is 1. The monoisotopic (exact) mass is 383 g/mol. The maximum absolute atomic E-state index is 12.7. The smallest absolute Gasteiger partial charge is 0.311 e. The van der Waals surface area contributed by atoms with Crippen LogP contribution in [0.4, 0.5) is 0 Å². The molecule has 1 fully saturated rings. The fraction of sp³-hybridized carbons (Fsp3) is 0.529. The molecule has 0 spiro atoms. The van der Waals surface area contributed by atoms with Crippen molar-refractivity contribution in [1.82, 2.24) is 9.21 Å². The first-order valence-corrected chi connectivity index (χ1v) is 9.83. The summed E-state index contributed by atoms with van der Waals surface area (Å²) in [5.41, 5.74) is 0.271. The Bertz CT molecular complexity index is 725. The first kappa shape index (κ1) is 20.3. The molecule has 1 N–H and O–H groups in total. The van der Waals surface area contributed by atoms with Crippen LogP contribution in [0.5, 0.6) is 5.75 Å². The molecule has 1 aromatic carbocycles. The van der Waals surface area contributed by atoms with Gasteiger partial charge in [0.2, 0.25) is 10.0 Å². The van der Waals surface area contributed by atoms with E-state index in [0.717, 1.165) is 0 Å². The third-order valence-electron chi connectivity index (χ3n) is 4.11. The predicted molar refractivity (Wildman–Crippen MR) is 97.2 cm³/mol. The number of hydrogen-bond donors (Lipinski definition) is 1. The molecule has 1 aromatic rings. The highest BCUT2D eigenvalue weighted by molar-refractivity contribution is 7.89. The molecule has 0 unspecified atom stereocenters. The van der Waals surface area contributed by atoms with Crippen molar-refractivity contribution in [3.8, 4) is 5.75 Å². The van der Waals surface area contributed by atoms with Gasteiger partial charge < -0.3 is 14.9 Å². The van der Waals surface area contributed by atoms with Crippen LogP contribution in [-0.4, -0.2) is 75.7 Å². The maximum atomic E-state index is 12.7. The zero-order valence-electron chi connectivity index (χ0n) is 15.1. The molecule has 144 valence electrons. The molecule has 0 aromatic heterocycles. The van der Waals surface area contributed by atoms with Crippen LogP contribution in [-0.2, 0) is 19.6 Å². The van der Waals surface area contributed by atoms with E-state index in [-0.39, 0.29) is 23.6 Å². The number of rotatable bonds is 8. The quantitative estimate of drug-likeness (QED) is 0.530. The predicted octanol–water partition coefficient (Wildman–Crippen LogP) is 0.974. The number of nitrogens with one attached hydrogen (secondary N) is 1. The van der Waals surface area contributed by atoms with Gasteiger partial charge in [-0.1, -0.05) is 0 Å². The Labute approximate surface area is 154 Å². The molecule has 0 radical (unpaired) electrons. The van der Waals surface area contributed by atoms with Gasteiger partial charge in [-0.15, -0.1) is 0 Å². The SMILES string of the molecule is COc1ccc(S(=O)(=O)N2CCN(CCOC(=O)CC(C)=N)CC2)cc1. The van der Waals surface area contributed by atoms with Crippen LogP contribution in [0.15, 0.2) is 29.2 Å². The molecule has 1 aliphatic heterocycles. The van der Waals surface area contributed by atoms with Crippen LogP contribution in [0.3, 0.4) is 0 Å². The highest BCUT2D eigenvalue weighted by Gasteiger charge is 2.28. The van der Waals surface area contributed by atoms with Gasteiger partial charge in [0, 0.05) is 38.4 Å². The van der Waals surface area contributed by atoms with Crippen molar-refractivity contribution >= 4 is 21.7 Å². The van der Waals surface area contributed by atoms with E-state index in [2.05, 4.69) is 4.90 Å². The van der Waals surface area contributed by atoms with Gasteiger partial charge in [0.05, 0.1) is 18.4 Å². The molecular weight excluding hydrogens is 358 g/mol. The van der Waals surface area contributed by atoms with Gasteiger partial charge in [-0.05, 0) is 31.2 Å². The second kappa shape index (κ2) is 9.11. The summed E-state index contributed by atoms with van der Waals surface area (Å²) in [5.74, 6) is 0.208. The average molecular weight is 383 g/mol. The molecule has 1 heterocycles. The van der Waals surface area contributed by atoms with E-state index in [0.29, 0.717) is 38.5 Å². The summed E-state index contributed by atoms with van der Waals surface area (Å²) in [6.45, 7) is 4.30. The summed E-state index contributed by atoms with van der Waals surface area (Å²) in [6.07, 6.45) is 0.00782. The number of hydrogen-bond acceptors (Lipinski definition) is 7. The van der Waals surface area contributed by atoms with Crippen molar-refractivity contribution in [2.24, 2.45) is 0 Å². The summed E-state index contributed by atoms with van der Waals surface area (Å²) in [5, 5.41) is 7.25. The van der Waals surface area contributed by atoms with E-state index >= 15 is 0 Å². The van der Waals surface area contributed by atoms with E-state index in [1.165, 1.54) is 11.4 Å². The van der Waals surface area contributed by atoms with Gasteiger partial charge in [-0.2, -0.15) is 4.31 Å². The van der Waals surface area contributed by atoms with E-state index < -0.39 is 16.0 Å². The number of ether oxygens (including phenoxy) is 2. The molecule has 0 amide bonds. The van der Waals surface area contributed by atoms with Crippen molar-refractivity contribution < 1.29 is 22.7 Å². The second-order valence-electron chi connectivity index (χ2n) is 6.10. The topological polar surface area (TPSA) is 100 Å². The third kappa shape index (κ3) is 5.52. The van der Waals surface area contributed by atoms with E-state index in [4.69, 9.17) is 14.9 Å². The molecule has 0 saturated carbocycles. The Morgan fingerprint density at radius 3 is 2.31 bits per heavy atom. The lowest BCUT2D eigenvalue weighted by Crippen LogP contribution is -2.49. The van der Waals surface area contributed by atoms with Crippen LogP contribution < -0.4 is 4.74 Å². The van der Waals surface area contributed by atoms with Gasteiger partial charge in [-0.25, -0.2) is 8.42 Å². The first-order chi connectivity index (χ1) is 12.3. The van der Waals surface area contributed by atoms with Crippen molar-refractivity contribution in [3.63, 3.8) is 0 Å².